The van der Waals surface area contributed by atoms with Crippen LogP contribution in [0.15, 0.2) is 42.6 Å². The first kappa shape index (κ1) is 15.3. The Hall–Kier alpha value is -2.07. The summed E-state index contributed by atoms with van der Waals surface area (Å²) >= 11 is 0. The van der Waals surface area contributed by atoms with Crippen LogP contribution in [0, 0.1) is 0 Å². The molecule has 2 atom stereocenters. The summed E-state index contributed by atoms with van der Waals surface area (Å²) in [6.07, 6.45) is 1.81. The Bertz CT molecular complexity index is 572. The number of hydrogen-bond donors (Lipinski definition) is 1. The lowest BCUT2D eigenvalue weighted by molar-refractivity contribution is 0.382. The first-order valence-electron chi connectivity index (χ1n) is 7.04. The fourth-order valence-electron chi connectivity index (χ4n) is 2.36. The number of pyridine rings is 1. The molecule has 1 aromatic heterocycles. The number of rotatable bonds is 6. The molecule has 1 N–H and O–H groups in total. The molecule has 0 aliphatic heterocycles. The molecule has 1 aromatic carbocycles. The maximum atomic E-state index is 5.46. The van der Waals surface area contributed by atoms with Gasteiger partial charge in [-0.3, -0.25) is 4.98 Å². The first-order valence-corrected chi connectivity index (χ1v) is 7.04. The van der Waals surface area contributed by atoms with Gasteiger partial charge in [0.25, 0.3) is 0 Å². The van der Waals surface area contributed by atoms with E-state index in [4.69, 9.17) is 9.47 Å². The third-order valence-corrected chi connectivity index (χ3v) is 3.54. The van der Waals surface area contributed by atoms with Crippen LogP contribution in [0.4, 0.5) is 0 Å². The molecule has 4 nitrogen and oxygen atoms in total. The van der Waals surface area contributed by atoms with Crippen molar-refractivity contribution in [3.8, 4) is 11.5 Å². The molecule has 0 fully saturated rings. The molecular weight excluding hydrogens is 264 g/mol. The van der Waals surface area contributed by atoms with Crippen molar-refractivity contribution in [1.29, 1.82) is 0 Å². The Morgan fingerprint density at radius 2 is 1.81 bits per heavy atom. The topological polar surface area (TPSA) is 43.4 Å². The predicted molar refractivity (Wildman–Crippen MR) is 83.7 cm³/mol. The molecule has 1 heterocycles. The molecule has 21 heavy (non-hydrogen) atoms. The van der Waals surface area contributed by atoms with E-state index < -0.39 is 0 Å². The molecule has 2 aromatic rings. The third kappa shape index (κ3) is 3.73. The molecule has 0 amide bonds. The van der Waals surface area contributed by atoms with E-state index in [9.17, 15) is 0 Å². The van der Waals surface area contributed by atoms with E-state index in [0.29, 0.717) is 0 Å². The minimum absolute atomic E-state index is 0.142. The smallest absolute Gasteiger partial charge is 0.127 e. The van der Waals surface area contributed by atoms with Crippen LogP contribution < -0.4 is 14.8 Å². The van der Waals surface area contributed by atoms with Gasteiger partial charge in [0.2, 0.25) is 0 Å². The van der Waals surface area contributed by atoms with Crippen molar-refractivity contribution < 1.29 is 9.47 Å². The minimum atomic E-state index is 0.142. The number of methoxy groups -OCH3 is 2. The van der Waals surface area contributed by atoms with Crippen molar-refractivity contribution >= 4 is 0 Å². The monoisotopic (exact) mass is 286 g/mol. The van der Waals surface area contributed by atoms with Crippen LogP contribution in [0.25, 0.3) is 0 Å². The van der Waals surface area contributed by atoms with Crippen molar-refractivity contribution in [2.45, 2.75) is 25.9 Å². The van der Waals surface area contributed by atoms with Gasteiger partial charge in [0.1, 0.15) is 11.5 Å². The maximum absolute atomic E-state index is 5.46. The molecule has 0 saturated carbocycles. The molecule has 112 valence electrons. The zero-order chi connectivity index (χ0) is 15.2. The van der Waals surface area contributed by atoms with Crippen LogP contribution in [0.2, 0.25) is 0 Å². The Balaban J connectivity index is 2.14. The highest BCUT2D eigenvalue weighted by atomic mass is 16.5. The quantitative estimate of drug-likeness (QED) is 0.882. The molecule has 0 saturated heterocycles. The second-order valence-corrected chi connectivity index (χ2v) is 4.97. The van der Waals surface area contributed by atoms with Crippen LogP contribution in [0.3, 0.4) is 0 Å². The molecule has 2 unspecified atom stereocenters. The lowest BCUT2D eigenvalue weighted by Gasteiger charge is -2.22. The number of benzene rings is 1. The number of ether oxygens (including phenoxy) is 2. The highest BCUT2D eigenvalue weighted by molar-refractivity contribution is 5.42. The zero-order valence-corrected chi connectivity index (χ0v) is 13.0. The van der Waals surface area contributed by atoms with Gasteiger partial charge in [-0.25, -0.2) is 0 Å². The van der Waals surface area contributed by atoms with Crippen molar-refractivity contribution in [2.75, 3.05) is 14.2 Å². The van der Waals surface area contributed by atoms with Gasteiger partial charge in [-0.15, -0.1) is 0 Å². The van der Waals surface area contributed by atoms with Gasteiger partial charge in [-0.05, 0) is 32.0 Å². The third-order valence-electron chi connectivity index (χ3n) is 3.54. The lowest BCUT2D eigenvalue weighted by atomic mass is 10.1. The normalized spacial score (nSPS) is 13.5. The van der Waals surface area contributed by atoms with E-state index in [0.717, 1.165) is 22.8 Å². The fraction of sp³-hybridized carbons (Fsp3) is 0.353. The van der Waals surface area contributed by atoms with Crippen LogP contribution >= 0.6 is 0 Å². The van der Waals surface area contributed by atoms with Gasteiger partial charge < -0.3 is 14.8 Å². The summed E-state index contributed by atoms with van der Waals surface area (Å²) in [5, 5.41) is 3.54. The van der Waals surface area contributed by atoms with E-state index in [1.165, 1.54) is 0 Å². The van der Waals surface area contributed by atoms with E-state index >= 15 is 0 Å². The van der Waals surface area contributed by atoms with Gasteiger partial charge in [-0.2, -0.15) is 0 Å². The van der Waals surface area contributed by atoms with Crippen LogP contribution in [0.5, 0.6) is 11.5 Å². The molecule has 4 heteroatoms. The summed E-state index contributed by atoms with van der Waals surface area (Å²) < 4.78 is 10.7. The van der Waals surface area contributed by atoms with Gasteiger partial charge in [0, 0.05) is 29.9 Å². The van der Waals surface area contributed by atoms with Crippen LogP contribution in [-0.4, -0.2) is 19.2 Å². The summed E-state index contributed by atoms with van der Waals surface area (Å²) in [5.41, 5.74) is 2.12. The van der Waals surface area contributed by atoms with E-state index in [2.05, 4.69) is 24.1 Å². The summed E-state index contributed by atoms with van der Waals surface area (Å²) in [7, 11) is 3.33. The van der Waals surface area contributed by atoms with Gasteiger partial charge in [0.05, 0.1) is 19.9 Å². The van der Waals surface area contributed by atoms with E-state index in [1.54, 1.807) is 14.2 Å². The SMILES string of the molecule is COc1ccc(C(C)NC(C)c2ccccn2)c(OC)c1. The minimum Gasteiger partial charge on any atom is -0.497 e. The molecule has 2 rings (SSSR count). The van der Waals surface area contributed by atoms with Gasteiger partial charge in [-0.1, -0.05) is 12.1 Å². The Morgan fingerprint density at radius 1 is 1.00 bits per heavy atom. The largest absolute Gasteiger partial charge is 0.497 e. The maximum Gasteiger partial charge on any atom is 0.127 e. The lowest BCUT2D eigenvalue weighted by Crippen LogP contribution is -2.23. The van der Waals surface area contributed by atoms with Gasteiger partial charge in [0.15, 0.2) is 0 Å². The number of aromatic nitrogens is 1. The zero-order valence-electron chi connectivity index (χ0n) is 13.0. The Labute approximate surface area is 126 Å². The van der Waals surface area contributed by atoms with Crippen LogP contribution in [-0.2, 0) is 0 Å². The number of hydrogen-bond acceptors (Lipinski definition) is 4. The van der Waals surface area contributed by atoms with Crippen LogP contribution in [0.1, 0.15) is 37.2 Å². The van der Waals surface area contributed by atoms with Crippen molar-refractivity contribution in [3.05, 3.63) is 53.9 Å². The number of nitrogens with zero attached hydrogens (tertiary/aromatic N) is 1. The Kier molecular flexibility index (Phi) is 5.17. The summed E-state index contributed by atoms with van der Waals surface area (Å²) in [4.78, 5) is 4.38. The first-order chi connectivity index (χ1) is 10.2. The molecule has 0 aliphatic rings. The van der Waals surface area contributed by atoms with E-state index in [1.807, 2.05) is 42.6 Å². The van der Waals surface area contributed by atoms with Crippen molar-refractivity contribution in [3.63, 3.8) is 0 Å². The van der Waals surface area contributed by atoms with E-state index in [-0.39, 0.29) is 12.1 Å². The van der Waals surface area contributed by atoms with Crippen molar-refractivity contribution in [1.82, 2.24) is 10.3 Å². The molecule has 0 aliphatic carbocycles. The fourth-order valence-corrected chi connectivity index (χ4v) is 2.36. The highest BCUT2D eigenvalue weighted by Gasteiger charge is 2.16. The molecule has 0 bridgehead atoms. The summed E-state index contributed by atoms with van der Waals surface area (Å²) in [5.74, 6) is 1.61. The molecular formula is C17H22N2O2. The summed E-state index contributed by atoms with van der Waals surface area (Å²) in [6.45, 7) is 4.22. The second-order valence-electron chi connectivity index (χ2n) is 4.97. The average molecular weight is 286 g/mol. The number of nitrogens with one attached hydrogen (secondary N) is 1. The highest BCUT2D eigenvalue weighted by Crippen LogP contribution is 2.30. The average Bonchev–Trinajstić information content (AvgIpc) is 2.54. The molecule has 0 spiro atoms. The standard InChI is InChI=1S/C17H22N2O2/c1-12(19-13(2)16-7-5-6-10-18-16)15-9-8-14(20-3)11-17(15)21-4/h5-13,19H,1-4H3. The predicted octanol–water partition coefficient (Wildman–Crippen LogP) is 3.51. The second kappa shape index (κ2) is 7.09. The Morgan fingerprint density at radius 3 is 2.43 bits per heavy atom. The van der Waals surface area contributed by atoms with Crippen molar-refractivity contribution in [2.24, 2.45) is 0 Å². The van der Waals surface area contributed by atoms with Gasteiger partial charge >= 0.3 is 0 Å². The summed E-state index contributed by atoms with van der Waals surface area (Å²) in [6, 6.07) is 12.1. The molecule has 0 radical (unpaired) electrons.